The second kappa shape index (κ2) is 11.9. The van der Waals surface area contributed by atoms with Crippen LogP contribution < -0.4 is 19.7 Å². The summed E-state index contributed by atoms with van der Waals surface area (Å²) in [6, 6.07) is 3.45. The minimum absolute atomic E-state index is 0.0288. The molecule has 0 aromatic heterocycles. The zero-order valence-electron chi connectivity index (χ0n) is 15.6. The molecule has 1 aliphatic heterocycles. The van der Waals surface area contributed by atoms with E-state index in [1.54, 1.807) is 33.5 Å². The van der Waals surface area contributed by atoms with Crippen molar-refractivity contribution in [3.63, 3.8) is 0 Å². The van der Waals surface area contributed by atoms with Gasteiger partial charge in [-0.25, -0.2) is 0 Å². The van der Waals surface area contributed by atoms with Gasteiger partial charge in [-0.05, 0) is 25.0 Å². The molecular weight excluding hydrogens is 359 g/mol. The zero-order valence-corrected chi connectivity index (χ0v) is 16.5. The van der Waals surface area contributed by atoms with Gasteiger partial charge in [-0.3, -0.25) is 10.3 Å². The Hall–Kier alpha value is -1.60. The number of nitrogens with zero attached hydrogens (tertiary/aromatic N) is 1. The Kier molecular flexibility index (Phi) is 10.3. The van der Waals surface area contributed by atoms with Crippen LogP contribution in [0.4, 0.5) is 0 Å². The van der Waals surface area contributed by atoms with Crippen LogP contribution in [-0.2, 0) is 0 Å². The smallest absolute Gasteiger partial charge is 0.254 e. The summed E-state index contributed by atoms with van der Waals surface area (Å²) < 4.78 is 16.0. The molecule has 0 radical (unpaired) electrons. The summed E-state index contributed by atoms with van der Waals surface area (Å²) in [5.74, 6) is 1.56. The second-order valence-electron chi connectivity index (χ2n) is 5.79. The molecule has 2 rings (SSSR count). The number of carbonyl (C=O) groups is 1. The summed E-state index contributed by atoms with van der Waals surface area (Å²) in [6.45, 7) is 1.63. The molecule has 148 valence electrons. The maximum absolute atomic E-state index is 12.8. The zero-order chi connectivity index (χ0) is 19.5. The number of nitrogens with two attached hydrogens (primary N) is 1. The van der Waals surface area contributed by atoms with Gasteiger partial charge in [-0.1, -0.05) is 19.3 Å². The van der Waals surface area contributed by atoms with Crippen LogP contribution in [0.2, 0.25) is 0 Å². The van der Waals surface area contributed by atoms with Crippen molar-refractivity contribution in [1.29, 1.82) is 0 Å². The molecule has 0 bridgehead atoms. The summed E-state index contributed by atoms with van der Waals surface area (Å²) in [7, 11) is 2.55. The molecule has 1 saturated heterocycles. The highest BCUT2D eigenvalue weighted by Gasteiger charge is 2.21. The standard InChI is InChI=1S/C17H25NO4.H4NO2P/c1-20-14-11-13(12-15(21-2)16(14)22-3)17(19)18-9-7-5-4-6-8-10-18;1-4(2)3/h11-12H,4-10H2,1-3H3;2-3H,1H2. The van der Waals surface area contributed by atoms with E-state index >= 15 is 0 Å². The van der Waals surface area contributed by atoms with Crippen molar-refractivity contribution in [3.8, 4) is 17.2 Å². The molecule has 0 saturated carbocycles. The van der Waals surface area contributed by atoms with Crippen LogP contribution in [0.1, 0.15) is 42.5 Å². The van der Waals surface area contributed by atoms with Crippen LogP contribution in [0.25, 0.3) is 0 Å². The van der Waals surface area contributed by atoms with Crippen molar-refractivity contribution in [1.82, 2.24) is 4.90 Å². The monoisotopic (exact) mass is 388 g/mol. The van der Waals surface area contributed by atoms with Gasteiger partial charge in [0.05, 0.1) is 21.3 Å². The fraction of sp³-hybridized carbons (Fsp3) is 0.588. The van der Waals surface area contributed by atoms with E-state index < -0.39 is 8.53 Å². The first-order chi connectivity index (χ1) is 12.4. The van der Waals surface area contributed by atoms with E-state index in [2.05, 4.69) is 5.50 Å². The number of likely N-dealkylation sites (tertiary alicyclic amines) is 1. The van der Waals surface area contributed by atoms with Gasteiger partial charge in [-0.2, -0.15) is 0 Å². The fourth-order valence-corrected chi connectivity index (χ4v) is 2.84. The normalized spacial score (nSPS) is 14.7. The van der Waals surface area contributed by atoms with Crippen molar-refractivity contribution >= 4 is 14.4 Å². The first-order valence-corrected chi connectivity index (χ1v) is 9.78. The summed E-state index contributed by atoms with van der Waals surface area (Å²) in [5.41, 5.74) is 4.87. The summed E-state index contributed by atoms with van der Waals surface area (Å²) in [4.78, 5) is 29.6. The first kappa shape index (κ1) is 22.4. The lowest BCUT2D eigenvalue weighted by atomic mass is 10.1. The average Bonchev–Trinajstić information content (AvgIpc) is 2.59. The minimum atomic E-state index is -2.12. The Morgan fingerprint density at radius 1 is 0.962 bits per heavy atom. The molecule has 1 aromatic rings. The third-order valence-corrected chi connectivity index (χ3v) is 4.05. The van der Waals surface area contributed by atoms with E-state index in [0.717, 1.165) is 25.9 Å². The van der Waals surface area contributed by atoms with Gasteiger partial charge < -0.3 is 28.9 Å². The fourth-order valence-electron chi connectivity index (χ4n) is 2.84. The Morgan fingerprint density at radius 3 is 1.77 bits per heavy atom. The minimum Gasteiger partial charge on any atom is -0.493 e. The maximum Gasteiger partial charge on any atom is 0.254 e. The second-order valence-corrected chi connectivity index (χ2v) is 6.44. The van der Waals surface area contributed by atoms with Crippen LogP contribution in [0.15, 0.2) is 12.1 Å². The lowest BCUT2D eigenvalue weighted by Gasteiger charge is -2.25. The van der Waals surface area contributed by atoms with Crippen LogP contribution in [-0.4, -0.2) is 55.0 Å². The predicted molar refractivity (Wildman–Crippen MR) is 101 cm³/mol. The molecule has 1 fully saturated rings. The molecule has 1 amide bonds. The first-order valence-electron chi connectivity index (χ1n) is 8.46. The van der Waals surface area contributed by atoms with Crippen molar-refractivity contribution in [3.05, 3.63) is 17.7 Å². The van der Waals surface area contributed by atoms with Crippen LogP contribution >= 0.6 is 8.53 Å². The molecule has 0 atom stereocenters. The van der Waals surface area contributed by atoms with E-state index in [1.165, 1.54) is 19.3 Å². The maximum atomic E-state index is 12.8. The quantitative estimate of drug-likeness (QED) is 0.678. The highest BCUT2D eigenvalue weighted by molar-refractivity contribution is 7.42. The number of carbonyl (C=O) groups excluding carboxylic acids is 1. The number of hydrogen-bond acceptors (Lipinski definition) is 7. The predicted octanol–water partition coefficient (Wildman–Crippen LogP) is 2.28. The molecule has 0 spiro atoms. The number of rotatable bonds is 4. The average molecular weight is 388 g/mol. The van der Waals surface area contributed by atoms with E-state index in [-0.39, 0.29) is 5.91 Å². The molecule has 4 N–H and O–H groups in total. The van der Waals surface area contributed by atoms with Crippen molar-refractivity contribution in [2.24, 2.45) is 5.50 Å². The number of benzene rings is 1. The Bertz CT molecular complexity index is 534. The molecule has 1 aliphatic rings. The van der Waals surface area contributed by atoms with Gasteiger partial charge in [0.1, 0.15) is 0 Å². The molecule has 0 aliphatic carbocycles. The third-order valence-electron chi connectivity index (χ3n) is 4.05. The largest absolute Gasteiger partial charge is 0.493 e. The van der Waals surface area contributed by atoms with Gasteiger partial charge >= 0.3 is 0 Å². The van der Waals surface area contributed by atoms with Gasteiger partial charge in [0.15, 0.2) is 11.5 Å². The van der Waals surface area contributed by atoms with Gasteiger partial charge in [0, 0.05) is 18.7 Å². The third kappa shape index (κ3) is 6.96. The SMILES string of the molecule is COc1cc(C(=O)N2CCCCCCC2)cc(OC)c1OC.NP(O)O. The van der Waals surface area contributed by atoms with Crippen LogP contribution in [0.3, 0.4) is 0 Å². The number of hydrogen-bond donors (Lipinski definition) is 3. The molecule has 1 heterocycles. The van der Waals surface area contributed by atoms with Gasteiger partial charge in [0.25, 0.3) is 5.91 Å². The molecule has 8 nitrogen and oxygen atoms in total. The summed E-state index contributed by atoms with van der Waals surface area (Å²) in [6.07, 6.45) is 5.79. The van der Waals surface area contributed by atoms with Gasteiger partial charge in [-0.15, -0.1) is 0 Å². The Labute approximate surface area is 155 Å². The van der Waals surface area contributed by atoms with Crippen LogP contribution in [0, 0.1) is 0 Å². The van der Waals surface area contributed by atoms with Crippen molar-refractivity contribution < 1.29 is 28.8 Å². The molecule has 1 aromatic carbocycles. The number of methoxy groups -OCH3 is 3. The topological polar surface area (TPSA) is 114 Å². The summed E-state index contributed by atoms with van der Waals surface area (Å²) in [5, 5.41) is 0. The summed E-state index contributed by atoms with van der Waals surface area (Å²) >= 11 is 0. The molecule has 0 unspecified atom stereocenters. The van der Waals surface area contributed by atoms with Crippen molar-refractivity contribution in [2.45, 2.75) is 32.1 Å². The molecule has 26 heavy (non-hydrogen) atoms. The van der Waals surface area contributed by atoms with E-state index in [0.29, 0.717) is 22.8 Å². The Morgan fingerprint density at radius 2 is 1.38 bits per heavy atom. The lowest BCUT2D eigenvalue weighted by Crippen LogP contribution is -2.33. The van der Waals surface area contributed by atoms with Crippen LogP contribution in [0.5, 0.6) is 17.2 Å². The lowest BCUT2D eigenvalue weighted by molar-refractivity contribution is 0.0741. The number of ether oxygens (including phenoxy) is 3. The molecular formula is C17H29N2O6P. The van der Waals surface area contributed by atoms with E-state index in [1.807, 2.05) is 4.90 Å². The highest BCUT2D eigenvalue weighted by atomic mass is 31.2. The van der Waals surface area contributed by atoms with E-state index in [4.69, 9.17) is 24.0 Å². The van der Waals surface area contributed by atoms with E-state index in [9.17, 15) is 4.79 Å². The van der Waals surface area contributed by atoms with Gasteiger partial charge in [0.2, 0.25) is 14.3 Å². The Balaban J connectivity index is 0.000000765. The molecule has 9 heteroatoms. The highest BCUT2D eigenvalue weighted by Crippen LogP contribution is 2.38. The van der Waals surface area contributed by atoms with Crippen molar-refractivity contribution in [2.75, 3.05) is 34.4 Å². The number of amides is 1.